The molecule has 1 atom stereocenters. The summed E-state index contributed by atoms with van der Waals surface area (Å²) in [6, 6.07) is 1.38. The van der Waals surface area contributed by atoms with Crippen molar-refractivity contribution in [3.05, 3.63) is 18.5 Å². The van der Waals surface area contributed by atoms with Crippen molar-refractivity contribution in [2.24, 2.45) is 11.3 Å². The zero-order valence-corrected chi connectivity index (χ0v) is 25.0. The molecule has 2 N–H and O–H groups in total. The van der Waals surface area contributed by atoms with E-state index in [4.69, 9.17) is 14.8 Å². The quantitative estimate of drug-likeness (QED) is 0.367. The van der Waals surface area contributed by atoms with Gasteiger partial charge in [-0.25, -0.2) is 18.0 Å². The first kappa shape index (κ1) is 28.1. The molecule has 44 heavy (non-hydrogen) atoms. The van der Waals surface area contributed by atoms with Gasteiger partial charge in [0.15, 0.2) is 5.82 Å². The fourth-order valence-electron chi connectivity index (χ4n) is 8.22. The molecule has 8 rings (SSSR count). The van der Waals surface area contributed by atoms with Gasteiger partial charge in [-0.05, 0) is 57.4 Å². The van der Waals surface area contributed by atoms with Crippen LogP contribution >= 0.6 is 0 Å². The summed E-state index contributed by atoms with van der Waals surface area (Å²) in [4.78, 5) is 21.3. The summed E-state index contributed by atoms with van der Waals surface area (Å²) in [6.45, 7) is 3.69. The molecule has 0 radical (unpaired) electrons. The lowest BCUT2D eigenvalue weighted by Crippen LogP contribution is -2.57. The Hall–Kier alpha value is -3.35. The van der Waals surface area contributed by atoms with Gasteiger partial charge in [-0.15, -0.1) is 0 Å². The number of urea groups is 1. The normalized spacial score (nSPS) is 27.3. The number of alkyl halides is 3. The number of hydrogen-bond donors (Lipinski definition) is 2. The third-order valence-corrected chi connectivity index (χ3v) is 10.9. The highest BCUT2D eigenvalue weighted by molar-refractivity contribution is 5.96. The fraction of sp³-hybridized carbons (Fsp3) is 0.677. The van der Waals surface area contributed by atoms with E-state index in [0.29, 0.717) is 48.4 Å². The molecule has 0 bridgehead atoms. The first-order valence-corrected chi connectivity index (χ1v) is 15.9. The van der Waals surface area contributed by atoms with Crippen LogP contribution in [0.25, 0.3) is 22.3 Å². The summed E-state index contributed by atoms with van der Waals surface area (Å²) in [5.41, 5.74) is 0.525. The minimum Gasteiger partial charge on any atom is -0.381 e. The third-order valence-electron chi connectivity index (χ3n) is 10.9. The van der Waals surface area contributed by atoms with Crippen LogP contribution in [0.3, 0.4) is 0 Å². The van der Waals surface area contributed by atoms with Crippen molar-refractivity contribution in [2.75, 3.05) is 43.1 Å². The van der Waals surface area contributed by atoms with Crippen LogP contribution in [0.2, 0.25) is 0 Å². The van der Waals surface area contributed by atoms with E-state index in [1.807, 2.05) is 15.6 Å². The summed E-state index contributed by atoms with van der Waals surface area (Å²) >= 11 is 0. The zero-order chi connectivity index (χ0) is 30.3. The van der Waals surface area contributed by atoms with Gasteiger partial charge in [0.25, 0.3) is 5.92 Å². The number of pyridine rings is 1. The van der Waals surface area contributed by atoms with Gasteiger partial charge >= 0.3 is 6.03 Å². The molecule has 3 aromatic rings. The molecule has 2 saturated carbocycles. The van der Waals surface area contributed by atoms with Gasteiger partial charge in [0.1, 0.15) is 11.4 Å². The van der Waals surface area contributed by atoms with Crippen LogP contribution < -0.4 is 10.2 Å². The molecule has 3 aromatic heterocycles. The summed E-state index contributed by atoms with van der Waals surface area (Å²) in [6.07, 6.45) is 10.7. The molecular formula is C31H39F3N8O2. The molecule has 6 heterocycles. The minimum absolute atomic E-state index is 0.0118. The highest BCUT2D eigenvalue weighted by Crippen LogP contribution is 2.52. The van der Waals surface area contributed by atoms with Crippen molar-refractivity contribution in [1.29, 1.82) is 0 Å². The molecule has 5 aliphatic rings. The molecule has 5 fully saturated rings. The molecule has 0 aromatic carbocycles. The molecule has 236 valence electrons. The highest BCUT2D eigenvalue weighted by atomic mass is 19.3. The van der Waals surface area contributed by atoms with Crippen LogP contribution in [0.5, 0.6) is 0 Å². The number of halogens is 3. The minimum atomic E-state index is -2.90. The molecule has 3 saturated heterocycles. The number of aromatic amines is 1. The van der Waals surface area contributed by atoms with Gasteiger partial charge in [0, 0.05) is 36.7 Å². The summed E-state index contributed by atoms with van der Waals surface area (Å²) in [5, 5.41) is 15.8. The second-order valence-corrected chi connectivity index (χ2v) is 14.2. The second kappa shape index (κ2) is 9.82. The van der Waals surface area contributed by atoms with Crippen LogP contribution in [-0.2, 0) is 11.3 Å². The molecule has 3 aliphatic heterocycles. The smallest absolute Gasteiger partial charge is 0.322 e. The number of carbonyl (C=O) groups is 1. The zero-order valence-electron chi connectivity index (χ0n) is 25.0. The number of carbonyl (C=O) groups excluding carboxylic acids is 1. The SMILES string of the molecule is CC1(F)CN(c2nn(CC3(C4CCCC4)CCOC3)c3cc(-c4[nH]ncc4NC(=O)N4CC(F)(F)CCC45CC5)ncc23)C1. The van der Waals surface area contributed by atoms with Crippen LogP contribution in [0, 0.1) is 11.3 Å². The van der Waals surface area contributed by atoms with Crippen molar-refractivity contribution in [2.45, 2.75) is 88.4 Å². The standard InChI is InChI=1S/C31H39F3N8O2/c1-28(32)15-40(16-28)26-21-13-35-22(12-24(21)42(39-26)17-29(10-11-44-19-29)20-4-2-3-5-20)25-23(14-36-38-25)37-27(43)41-18-31(33,34)9-8-30(41)6-7-30/h12-14,20H,2-11,15-19H2,1H3,(H,36,38)(H,37,43). The maximum Gasteiger partial charge on any atom is 0.322 e. The average molecular weight is 613 g/mol. The van der Waals surface area contributed by atoms with E-state index in [1.54, 1.807) is 13.1 Å². The van der Waals surface area contributed by atoms with Gasteiger partial charge in [0.2, 0.25) is 0 Å². The van der Waals surface area contributed by atoms with Gasteiger partial charge in [-0.1, -0.05) is 12.8 Å². The highest BCUT2D eigenvalue weighted by Gasteiger charge is 2.57. The Balaban J connectivity index is 1.13. The number of anilines is 2. The van der Waals surface area contributed by atoms with Crippen LogP contribution in [0.15, 0.2) is 18.5 Å². The maximum absolute atomic E-state index is 14.6. The largest absolute Gasteiger partial charge is 0.381 e. The molecule has 13 heteroatoms. The number of hydrogen-bond acceptors (Lipinski definition) is 6. The van der Waals surface area contributed by atoms with Crippen molar-refractivity contribution < 1.29 is 22.7 Å². The monoisotopic (exact) mass is 612 g/mol. The lowest BCUT2D eigenvalue weighted by Gasteiger charge is -2.42. The molecule has 10 nitrogen and oxygen atoms in total. The number of aromatic nitrogens is 5. The predicted octanol–water partition coefficient (Wildman–Crippen LogP) is 5.76. The lowest BCUT2D eigenvalue weighted by molar-refractivity contribution is -0.0721. The summed E-state index contributed by atoms with van der Waals surface area (Å²) in [5.74, 6) is -1.62. The number of rotatable bonds is 6. The topological polar surface area (TPSA) is 104 Å². The Bertz CT molecular complexity index is 1580. The number of likely N-dealkylation sites (tertiary alicyclic amines) is 1. The van der Waals surface area contributed by atoms with E-state index in [-0.39, 0.29) is 24.9 Å². The Morgan fingerprint density at radius 1 is 1.09 bits per heavy atom. The van der Waals surface area contributed by atoms with E-state index in [9.17, 15) is 18.0 Å². The Morgan fingerprint density at radius 2 is 1.86 bits per heavy atom. The number of amides is 2. The molecule has 2 aliphatic carbocycles. The first-order valence-electron chi connectivity index (χ1n) is 15.9. The van der Waals surface area contributed by atoms with Crippen molar-refractivity contribution >= 4 is 28.4 Å². The van der Waals surface area contributed by atoms with Crippen molar-refractivity contribution in [3.63, 3.8) is 0 Å². The molecule has 1 spiro atoms. The van der Waals surface area contributed by atoms with Gasteiger partial charge < -0.3 is 19.9 Å². The summed E-state index contributed by atoms with van der Waals surface area (Å²) in [7, 11) is 0. The molecular weight excluding hydrogens is 573 g/mol. The Labute approximate surface area is 253 Å². The number of nitrogens with one attached hydrogen (secondary N) is 2. The van der Waals surface area contributed by atoms with Crippen LogP contribution in [0.1, 0.15) is 64.7 Å². The van der Waals surface area contributed by atoms with Gasteiger partial charge in [-0.3, -0.25) is 14.8 Å². The third kappa shape index (κ3) is 4.73. The Kier molecular flexibility index (Phi) is 6.28. The second-order valence-electron chi connectivity index (χ2n) is 14.2. The first-order chi connectivity index (χ1) is 21.1. The fourth-order valence-corrected chi connectivity index (χ4v) is 8.22. The lowest BCUT2D eigenvalue weighted by atomic mass is 9.73. The van der Waals surface area contributed by atoms with E-state index in [1.165, 1.54) is 36.8 Å². The number of nitrogens with zero attached hydrogens (tertiary/aromatic N) is 6. The Morgan fingerprint density at radius 3 is 2.57 bits per heavy atom. The summed E-state index contributed by atoms with van der Waals surface area (Å²) < 4.78 is 51.2. The van der Waals surface area contributed by atoms with Crippen molar-refractivity contribution in [3.8, 4) is 11.4 Å². The van der Waals surface area contributed by atoms with Gasteiger partial charge in [-0.2, -0.15) is 10.2 Å². The van der Waals surface area contributed by atoms with E-state index in [2.05, 4.69) is 15.5 Å². The van der Waals surface area contributed by atoms with Crippen LogP contribution in [-0.4, -0.2) is 85.9 Å². The number of fused-ring (bicyclic) bond motifs is 1. The molecule has 2 amide bonds. The average Bonchev–Trinajstić information content (AvgIpc) is 3.50. The number of H-pyrrole nitrogens is 1. The maximum atomic E-state index is 14.6. The molecule has 1 unspecified atom stereocenters. The predicted molar refractivity (Wildman–Crippen MR) is 159 cm³/mol. The van der Waals surface area contributed by atoms with E-state index < -0.39 is 29.7 Å². The number of ether oxygens (including phenoxy) is 1. The van der Waals surface area contributed by atoms with E-state index in [0.717, 1.165) is 36.8 Å². The number of piperidine rings is 1. The van der Waals surface area contributed by atoms with Crippen LogP contribution in [0.4, 0.5) is 29.5 Å². The van der Waals surface area contributed by atoms with Gasteiger partial charge in [0.05, 0.1) is 54.7 Å². The van der Waals surface area contributed by atoms with E-state index >= 15 is 0 Å². The van der Waals surface area contributed by atoms with Crippen molar-refractivity contribution in [1.82, 2.24) is 29.9 Å².